The van der Waals surface area contributed by atoms with Crippen LogP contribution in [0.1, 0.15) is 18.4 Å². The first-order valence-electron chi connectivity index (χ1n) is 7.00. The summed E-state index contributed by atoms with van der Waals surface area (Å²) in [5.74, 6) is 0.533. The number of nitrogen functional groups attached to an aromatic ring is 1. The molecule has 2 N–H and O–H groups in total. The second-order valence-electron chi connectivity index (χ2n) is 5.25. The molecule has 4 heteroatoms. The normalized spacial score (nSPS) is 19.4. The standard InChI is InChI=1S/C16H22N2O2/c1-20-12-14-3-2-10-18(11-14)16(19)9-6-13-4-7-15(17)8-5-13/h4-9,14H,2-3,10-12,17H2,1H3/b9-6+. The number of rotatable bonds is 4. The van der Waals surface area contributed by atoms with Crippen LogP contribution in [0.2, 0.25) is 0 Å². The van der Waals surface area contributed by atoms with Crippen LogP contribution in [0.15, 0.2) is 30.3 Å². The monoisotopic (exact) mass is 274 g/mol. The summed E-state index contributed by atoms with van der Waals surface area (Å²) in [5.41, 5.74) is 7.35. The second-order valence-corrected chi connectivity index (χ2v) is 5.25. The predicted molar refractivity (Wildman–Crippen MR) is 81.1 cm³/mol. The van der Waals surface area contributed by atoms with E-state index in [0.29, 0.717) is 5.92 Å². The molecule has 20 heavy (non-hydrogen) atoms. The minimum atomic E-state index is 0.0719. The fraction of sp³-hybridized carbons (Fsp3) is 0.438. The number of ether oxygens (including phenoxy) is 1. The van der Waals surface area contributed by atoms with Crippen molar-refractivity contribution in [3.8, 4) is 0 Å². The number of carbonyl (C=O) groups is 1. The van der Waals surface area contributed by atoms with Gasteiger partial charge in [-0.2, -0.15) is 0 Å². The molecule has 1 saturated heterocycles. The molecule has 1 heterocycles. The predicted octanol–water partition coefficient (Wildman–Crippen LogP) is 2.17. The molecule has 0 spiro atoms. The van der Waals surface area contributed by atoms with Crippen molar-refractivity contribution in [3.05, 3.63) is 35.9 Å². The van der Waals surface area contributed by atoms with Crippen molar-refractivity contribution in [2.75, 3.05) is 32.5 Å². The number of nitrogens with zero attached hydrogens (tertiary/aromatic N) is 1. The zero-order valence-corrected chi connectivity index (χ0v) is 11.9. The molecular weight excluding hydrogens is 252 g/mol. The minimum absolute atomic E-state index is 0.0719. The van der Waals surface area contributed by atoms with E-state index in [1.165, 1.54) is 0 Å². The Kier molecular flexibility index (Phi) is 5.18. The first-order chi connectivity index (χ1) is 9.69. The average molecular weight is 274 g/mol. The SMILES string of the molecule is COCC1CCCN(C(=O)/C=C/c2ccc(N)cc2)C1. The van der Waals surface area contributed by atoms with Crippen molar-refractivity contribution < 1.29 is 9.53 Å². The van der Waals surface area contributed by atoms with Crippen molar-refractivity contribution in [2.45, 2.75) is 12.8 Å². The Balaban J connectivity index is 1.92. The van der Waals surface area contributed by atoms with E-state index < -0.39 is 0 Å². The first-order valence-corrected chi connectivity index (χ1v) is 7.00. The number of likely N-dealkylation sites (tertiary alicyclic amines) is 1. The molecule has 108 valence electrons. The van der Waals surface area contributed by atoms with Gasteiger partial charge in [-0.1, -0.05) is 12.1 Å². The molecule has 0 radical (unpaired) electrons. The number of anilines is 1. The summed E-state index contributed by atoms with van der Waals surface area (Å²) in [6.45, 7) is 2.36. The van der Waals surface area contributed by atoms with E-state index in [9.17, 15) is 4.79 Å². The quantitative estimate of drug-likeness (QED) is 0.676. The van der Waals surface area contributed by atoms with Gasteiger partial charge in [0, 0.05) is 32.0 Å². The molecule has 1 aromatic carbocycles. The summed E-state index contributed by atoms with van der Waals surface area (Å²) in [7, 11) is 1.71. The molecule has 1 fully saturated rings. The third kappa shape index (κ3) is 4.10. The largest absolute Gasteiger partial charge is 0.399 e. The molecule has 1 atom stereocenters. The molecule has 0 aromatic heterocycles. The number of nitrogens with two attached hydrogens (primary N) is 1. The van der Waals surface area contributed by atoms with Crippen molar-refractivity contribution >= 4 is 17.7 Å². The molecule has 0 saturated carbocycles. The smallest absolute Gasteiger partial charge is 0.246 e. The number of carbonyl (C=O) groups excluding carboxylic acids is 1. The number of hydrogen-bond donors (Lipinski definition) is 1. The number of piperidine rings is 1. The van der Waals surface area contributed by atoms with E-state index in [-0.39, 0.29) is 5.91 Å². The van der Waals surface area contributed by atoms with Crippen LogP contribution < -0.4 is 5.73 Å². The highest BCUT2D eigenvalue weighted by Crippen LogP contribution is 2.17. The molecule has 1 aliphatic heterocycles. The lowest BCUT2D eigenvalue weighted by atomic mass is 9.99. The molecular formula is C16H22N2O2. The fourth-order valence-electron chi connectivity index (χ4n) is 2.52. The zero-order valence-electron chi connectivity index (χ0n) is 11.9. The van der Waals surface area contributed by atoms with Crippen LogP contribution in [0.25, 0.3) is 6.08 Å². The Morgan fingerprint density at radius 1 is 1.45 bits per heavy atom. The maximum absolute atomic E-state index is 12.2. The van der Waals surface area contributed by atoms with Crippen LogP contribution in [0.5, 0.6) is 0 Å². The lowest BCUT2D eigenvalue weighted by Crippen LogP contribution is -2.40. The summed E-state index contributed by atoms with van der Waals surface area (Å²) in [5, 5.41) is 0. The van der Waals surface area contributed by atoms with Crippen molar-refractivity contribution in [3.63, 3.8) is 0 Å². The summed E-state index contributed by atoms with van der Waals surface area (Å²) in [4.78, 5) is 14.1. The number of amides is 1. The van der Waals surface area contributed by atoms with Crippen LogP contribution in [-0.2, 0) is 9.53 Å². The van der Waals surface area contributed by atoms with Crippen molar-refractivity contribution in [1.29, 1.82) is 0 Å². The van der Waals surface area contributed by atoms with E-state index in [4.69, 9.17) is 10.5 Å². The van der Waals surface area contributed by atoms with Gasteiger partial charge >= 0.3 is 0 Å². The van der Waals surface area contributed by atoms with Crippen molar-refractivity contribution in [1.82, 2.24) is 4.90 Å². The number of benzene rings is 1. The van der Waals surface area contributed by atoms with E-state index in [1.807, 2.05) is 35.2 Å². The maximum Gasteiger partial charge on any atom is 0.246 e. The molecule has 4 nitrogen and oxygen atoms in total. The van der Waals surface area contributed by atoms with E-state index in [2.05, 4.69) is 0 Å². The van der Waals surface area contributed by atoms with Gasteiger partial charge in [-0.05, 0) is 42.5 Å². The summed E-state index contributed by atoms with van der Waals surface area (Å²) in [6.07, 6.45) is 5.66. The van der Waals surface area contributed by atoms with Gasteiger partial charge < -0.3 is 15.4 Å². The molecule has 0 aliphatic carbocycles. The van der Waals surface area contributed by atoms with Gasteiger partial charge in [0.15, 0.2) is 0 Å². The van der Waals surface area contributed by atoms with E-state index in [0.717, 1.165) is 43.8 Å². The molecule has 1 amide bonds. The van der Waals surface area contributed by atoms with Crippen LogP contribution in [0, 0.1) is 5.92 Å². The number of methoxy groups -OCH3 is 1. The third-order valence-electron chi connectivity index (χ3n) is 3.59. The Morgan fingerprint density at radius 3 is 2.90 bits per heavy atom. The van der Waals surface area contributed by atoms with Gasteiger partial charge in [0.1, 0.15) is 0 Å². The number of hydrogen-bond acceptors (Lipinski definition) is 3. The molecule has 1 aliphatic rings. The Morgan fingerprint density at radius 2 is 2.20 bits per heavy atom. The summed E-state index contributed by atoms with van der Waals surface area (Å²) >= 11 is 0. The Bertz CT molecular complexity index is 466. The molecule has 0 bridgehead atoms. The molecule has 2 rings (SSSR count). The van der Waals surface area contributed by atoms with E-state index >= 15 is 0 Å². The lowest BCUT2D eigenvalue weighted by molar-refractivity contribution is -0.128. The van der Waals surface area contributed by atoms with Gasteiger partial charge in [0.25, 0.3) is 0 Å². The van der Waals surface area contributed by atoms with Crippen LogP contribution in [0.4, 0.5) is 5.69 Å². The van der Waals surface area contributed by atoms with E-state index in [1.54, 1.807) is 13.2 Å². The maximum atomic E-state index is 12.2. The summed E-state index contributed by atoms with van der Waals surface area (Å²) in [6, 6.07) is 7.48. The Labute approximate surface area is 120 Å². The highest BCUT2D eigenvalue weighted by atomic mass is 16.5. The van der Waals surface area contributed by atoms with Crippen LogP contribution in [-0.4, -0.2) is 37.6 Å². The zero-order chi connectivity index (χ0) is 14.4. The van der Waals surface area contributed by atoms with Gasteiger partial charge in [-0.15, -0.1) is 0 Å². The second kappa shape index (κ2) is 7.10. The fourth-order valence-corrected chi connectivity index (χ4v) is 2.52. The van der Waals surface area contributed by atoms with Crippen LogP contribution >= 0.6 is 0 Å². The minimum Gasteiger partial charge on any atom is -0.399 e. The molecule has 1 unspecified atom stereocenters. The summed E-state index contributed by atoms with van der Waals surface area (Å²) < 4.78 is 5.18. The third-order valence-corrected chi connectivity index (χ3v) is 3.59. The lowest BCUT2D eigenvalue weighted by Gasteiger charge is -2.31. The molecule has 1 aromatic rings. The topological polar surface area (TPSA) is 55.6 Å². The first kappa shape index (κ1) is 14.6. The average Bonchev–Trinajstić information content (AvgIpc) is 2.47. The highest BCUT2D eigenvalue weighted by molar-refractivity contribution is 5.91. The van der Waals surface area contributed by atoms with Crippen LogP contribution in [0.3, 0.4) is 0 Å². The van der Waals surface area contributed by atoms with Gasteiger partial charge in [-0.25, -0.2) is 0 Å². The van der Waals surface area contributed by atoms with Gasteiger partial charge in [0.2, 0.25) is 5.91 Å². The van der Waals surface area contributed by atoms with Gasteiger partial charge in [0.05, 0.1) is 6.61 Å². The highest BCUT2D eigenvalue weighted by Gasteiger charge is 2.21. The van der Waals surface area contributed by atoms with Gasteiger partial charge in [-0.3, -0.25) is 4.79 Å². The van der Waals surface area contributed by atoms with Crippen molar-refractivity contribution in [2.24, 2.45) is 5.92 Å². The Hall–Kier alpha value is -1.81.